The highest BCUT2D eigenvalue weighted by Gasteiger charge is 2.29. The Morgan fingerprint density at radius 3 is 2.33 bits per heavy atom. The van der Waals surface area contributed by atoms with Crippen LogP contribution in [0.2, 0.25) is 0 Å². The summed E-state index contributed by atoms with van der Waals surface area (Å²) in [7, 11) is 0. The molecule has 1 saturated heterocycles. The lowest BCUT2D eigenvalue weighted by atomic mass is 9.75. The number of nitrogens with one attached hydrogen (secondary N) is 1. The minimum Gasteiger partial charge on any atom is -0.370 e. The summed E-state index contributed by atoms with van der Waals surface area (Å²) in [6.07, 6.45) is 5.81. The number of piperidine rings is 1. The molecule has 0 aromatic rings. The fourth-order valence-electron chi connectivity index (χ4n) is 3.49. The van der Waals surface area contributed by atoms with Gasteiger partial charge >= 0.3 is 0 Å². The van der Waals surface area contributed by atoms with Gasteiger partial charge in [-0.2, -0.15) is 0 Å². The summed E-state index contributed by atoms with van der Waals surface area (Å²) in [6, 6.07) is 0. The van der Waals surface area contributed by atoms with Gasteiger partial charge in [0.15, 0.2) is 5.78 Å². The molecule has 18 heavy (non-hydrogen) atoms. The van der Waals surface area contributed by atoms with E-state index in [0.29, 0.717) is 30.3 Å². The van der Waals surface area contributed by atoms with Gasteiger partial charge in [0, 0.05) is 5.92 Å². The second-order valence-corrected chi connectivity index (χ2v) is 6.34. The fraction of sp³-hybridized carbons (Fsp3) is 0.933. The minimum atomic E-state index is 0.255. The van der Waals surface area contributed by atoms with Crippen molar-refractivity contribution in [3.8, 4) is 0 Å². The van der Waals surface area contributed by atoms with Crippen LogP contribution in [-0.2, 0) is 9.53 Å². The standard InChI is InChI=1S/C15H27NO2/c1-11-7-12(2)9-13(8-11)15(17)10-18-14-3-5-16-6-4-14/h11-14,16H,3-10H2,1-2H3. The van der Waals surface area contributed by atoms with Gasteiger partial charge in [0.1, 0.15) is 6.61 Å². The Kier molecular flexibility index (Phi) is 5.19. The molecule has 2 unspecified atom stereocenters. The summed E-state index contributed by atoms with van der Waals surface area (Å²) in [6.45, 7) is 6.93. The molecule has 0 amide bonds. The Hall–Kier alpha value is -0.410. The molecule has 1 N–H and O–H groups in total. The number of rotatable bonds is 4. The average Bonchev–Trinajstić information content (AvgIpc) is 2.36. The largest absolute Gasteiger partial charge is 0.370 e. The van der Waals surface area contributed by atoms with Gasteiger partial charge < -0.3 is 10.1 Å². The first kappa shape index (κ1) is 14.0. The summed E-state index contributed by atoms with van der Waals surface area (Å²) < 4.78 is 5.78. The van der Waals surface area contributed by atoms with Crippen LogP contribution < -0.4 is 5.32 Å². The Morgan fingerprint density at radius 1 is 1.11 bits per heavy atom. The lowest BCUT2D eigenvalue weighted by Gasteiger charge is -2.31. The molecule has 104 valence electrons. The number of Topliss-reactive ketones (excluding diaryl/α,β-unsaturated/α-hetero) is 1. The van der Waals surface area contributed by atoms with Crippen molar-refractivity contribution in [2.24, 2.45) is 17.8 Å². The molecule has 2 rings (SSSR count). The summed E-state index contributed by atoms with van der Waals surface area (Å²) >= 11 is 0. The normalized spacial score (nSPS) is 34.4. The second-order valence-electron chi connectivity index (χ2n) is 6.34. The molecule has 0 aromatic heterocycles. The van der Waals surface area contributed by atoms with Gasteiger partial charge in [-0.3, -0.25) is 4.79 Å². The zero-order valence-electron chi connectivity index (χ0n) is 11.8. The zero-order valence-corrected chi connectivity index (χ0v) is 11.8. The summed E-state index contributed by atoms with van der Waals surface area (Å²) in [5.74, 6) is 1.99. The predicted octanol–water partition coefficient (Wildman–Crippen LogP) is 2.40. The molecule has 3 heteroatoms. The van der Waals surface area contributed by atoms with Crippen molar-refractivity contribution in [2.75, 3.05) is 19.7 Å². The van der Waals surface area contributed by atoms with Gasteiger partial charge in [-0.15, -0.1) is 0 Å². The van der Waals surface area contributed by atoms with Crippen molar-refractivity contribution in [1.29, 1.82) is 0 Å². The molecule has 0 spiro atoms. The third kappa shape index (κ3) is 4.06. The smallest absolute Gasteiger partial charge is 0.161 e. The van der Waals surface area contributed by atoms with E-state index in [9.17, 15) is 4.79 Å². The van der Waals surface area contributed by atoms with Crippen LogP contribution in [0, 0.1) is 17.8 Å². The number of hydrogen-bond donors (Lipinski definition) is 1. The molecule has 0 bridgehead atoms. The van der Waals surface area contributed by atoms with Crippen LogP contribution in [0.1, 0.15) is 46.0 Å². The molecule has 1 aliphatic heterocycles. The van der Waals surface area contributed by atoms with E-state index in [4.69, 9.17) is 4.74 Å². The van der Waals surface area contributed by atoms with E-state index < -0.39 is 0 Å². The van der Waals surface area contributed by atoms with Gasteiger partial charge in [-0.05, 0) is 57.0 Å². The number of carbonyl (C=O) groups excluding carboxylic acids is 1. The van der Waals surface area contributed by atoms with Gasteiger partial charge in [0.05, 0.1) is 6.10 Å². The highest BCUT2D eigenvalue weighted by atomic mass is 16.5. The molecule has 2 atom stereocenters. The first-order chi connectivity index (χ1) is 8.65. The van der Waals surface area contributed by atoms with Crippen molar-refractivity contribution < 1.29 is 9.53 Å². The van der Waals surface area contributed by atoms with Crippen molar-refractivity contribution in [1.82, 2.24) is 5.32 Å². The van der Waals surface area contributed by atoms with Crippen molar-refractivity contribution >= 4 is 5.78 Å². The maximum Gasteiger partial charge on any atom is 0.161 e. The van der Waals surface area contributed by atoms with Gasteiger partial charge in [0.25, 0.3) is 0 Å². The van der Waals surface area contributed by atoms with E-state index in [2.05, 4.69) is 19.2 Å². The van der Waals surface area contributed by atoms with E-state index in [-0.39, 0.29) is 5.92 Å². The monoisotopic (exact) mass is 253 g/mol. The summed E-state index contributed by atoms with van der Waals surface area (Å²) in [5, 5.41) is 3.31. The fourth-order valence-corrected chi connectivity index (χ4v) is 3.49. The van der Waals surface area contributed by atoms with Crippen molar-refractivity contribution in [2.45, 2.75) is 52.1 Å². The molecule has 1 aliphatic carbocycles. The van der Waals surface area contributed by atoms with Crippen LogP contribution in [0.4, 0.5) is 0 Å². The average molecular weight is 253 g/mol. The summed E-state index contributed by atoms with van der Waals surface area (Å²) in [5.41, 5.74) is 0. The first-order valence-corrected chi connectivity index (χ1v) is 7.50. The molecule has 2 fully saturated rings. The predicted molar refractivity (Wildman–Crippen MR) is 72.5 cm³/mol. The highest BCUT2D eigenvalue weighted by molar-refractivity contribution is 5.82. The second kappa shape index (κ2) is 6.67. The van der Waals surface area contributed by atoms with Crippen LogP contribution in [0.5, 0.6) is 0 Å². The summed E-state index contributed by atoms with van der Waals surface area (Å²) in [4.78, 5) is 12.2. The van der Waals surface area contributed by atoms with Crippen LogP contribution in [0.15, 0.2) is 0 Å². The van der Waals surface area contributed by atoms with Crippen LogP contribution >= 0.6 is 0 Å². The Morgan fingerprint density at radius 2 is 1.72 bits per heavy atom. The third-order valence-electron chi connectivity index (χ3n) is 4.38. The van der Waals surface area contributed by atoms with Gasteiger partial charge in [-0.1, -0.05) is 13.8 Å². The van der Waals surface area contributed by atoms with E-state index in [1.807, 2.05) is 0 Å². The Balaban J connectivity index is 1.73. The number of carbonyl (C=O) groups is 1. The molecule has 0 aromatic carbocycles. The number of ether oxygens (including phenoxy) is 1. The van der Waals surface area contributed by atoms with E-state index >= 15 is 0 Å². The first-order valence-electron chi connectivity index (χ1n) is 7.50. The van der Waals surface area contributed by atoms with Crippen molar-refractivity contribution in [3.05, 3.63) is 0 Å². The molecule has 3 nitrogen and oxygen atoms in total. The molecular formula is C15H27NO2. The Bertz CT molecular complexity index is 264. The Labute approximate surface area is 111 Å². The van der Waals surface area contributed by atoms with E-state index in [0.717, 1.165) is 38.8 Å². The van der Waals surface area contributed by atoms with Gasteiger partial charge in [-0.25, -0.2) is 0 Å². The van der Waals surface area contributed by atoms with Crippen LogP contribution in [0.3, 0.4) is 0 Å². The molecule has 1 heterocycles. The lowest BCUT2D eigenvalue weighted by molar-refractivity contribution is -0.132. The lowest BCUT2D eigenvalue weighted by Crippen LogP contribution is -2.35. The van der Waals surface area contributed by atoms with Crippen molar-refractivity contribution in [3.63, 3.8) is 0 Å². The van der Waals surface area contributed by atoms with E-state index in [1.165, 1.54) is 6.42 Å². The number of ketones is 1. The molecule has 2 aliphatic rings. The topological polar surface area (TPSA) is 38.3 Å². The molecule has 1 saturated carbocycles. The zero-order chi connectivity index (χ0) is 13.0. The third-order valence-corrected chi connectivity index (χ3v) is 4.38. The SMILES string of the molecule is CC1CC(C)CC(C(=O)COC2CCNCC2)C1. The minimum absolute atomic E-state index is 0.255. The van der Waals surface area contributed by atoms with Crippen LogP contribution in [-0.4, -0.2) is 31.6 Å². The maximum absolute atomic E-state index is 12.2. The number of hydrogen-bond acceptors (Lipinski definition) is 3. The molecule has 0 radical (unpaired) electrons. The molecular weight excluding hydrogens is 226 g/mol. The van der Waals surface area contributed by atoms with E-state index in [1.54, 1.807) is 0 Å². The van der Waals surface area contributed by atoms with Gasteiger partial charge in [0.2, 0.25) is 0 Å². The quantitative estimate of drug-likeness (QED) is 0.836. The maximum atomic E-state index is 12.2. The highest BCUT2D eigenvalue weighted by Crippen LogP contribution is 2.33. The van der Waals surface area contributed by atoms with Crippen LogP contribution in [0.25, 0.3) is 0 Å².